The van der Waals surface area contributed by atoms with Crippen molar-refractivity contribution in [3.8, 4) is 0 Å². The van der Waals surface area contributed by atoms with E-state index >= 15 is 0 Å². The van der Waals surface area contributed by atoms with Gasteiger partial charge in [0.1, 0.15) is 0 Å². The fourth-order valence-electron chi connectivity index (χ4n) is 2.72. The van der Waals surface area contributed by atoms with Crippen LogP contribution in [-0.2, 0) is 0 Å². The molecule has 1 atom stereocenters. The van der Waals surface area contributed by atoms with Crippen LogP contribution >= 0.6 is 12.4 Å². The van der Waals surface area contributed by atoms with Crippen LogP contribution in [0.4, 0.5) is 0 Å². The van der Waals surface area contributed by atoms with Crippen LogP contribution in [-0.4, -0.2) is 29.8 Å². The fourth-order valence-corrected chi connectivity index (χ4v) is 2.72. The van der Waals surface area contributed by atoms with E-state index in [0.29, 0.717) is 11.7 Å². The number of ketones is 1. The predicted molar refractivity (Wildman–Crippen MR) is 82.1 cm³/mol. The first-order valence-corrected chi connectivity index (χ1v) is 7.02. The van der Waals surface area contributed by atoms with Gasteiger partial charge in [-0.3, -0.25) is 9.69 Å². The van der Waals surface area contributed by atoms with Gasteiger partial charge >= 0.3 is 0 Å². The topological polar surface area (TPSA) is 20.3 Å². The summed E-state index contributed by atoms with van der Waals surface area (Å²) in [7, 11) is 0. The molecule has 0 aliphatic carbocycles. The molecule has 0 aromatic heterocycles. The van der Waals surface area contributed by atoms with Crippen LogP contribution in [0, 0.1) is 5.92 Å². The van der Waals surface area contributed by atoms with Crippen molar-refractivity contribution in [3.63, 3.8) is 0 Å². The minimum atomic E-state index is 0. The smallest absolute Gasteiger partial charge is 0.179 e. The van der Waals surface area contributed by atoms with Gasteiger partial charge in [-0.25, -0.2) is 0 Å². The van der Waals surface area contributed by atoms with Crippen molar-refractivity contribution in [2.45, 2.75) is 39.2 Å². The van der Waals surface area contributed by atoms with Gasteiger partial charge in [-0.15, -0.1) is 12.4 Å². The normalized spacial score (nSPS) is 17.2. The lowest BCUT2D eigenvalue weighted by molar-refractivity contribution is 0.0822. The highest BCUT2D eigenvalue weighted by Crippen LogP contribution is 2.21. The number of carbonyl (C=O) groups excluding carboxylic acids is 1. The van der Waals surface area contributed by atoms with Crippen LogP contribution < -0.4 is 0 Å². The predicted octanol–water partition coefficient (Wildman–Crippen LogP) is 3.80. The van der Waals surface area contributed by atoms with Crippen LogP contribution in [0.25, 0.3) is 0 Å². The molecule has 0 radical (unpaired) electrons. The van der Waals surface area contributed by atoms with Crippen LogP contribution in [0.2, 0.25) is 0 Å². The first-order chi connectivity index (χ1) is 8.68. The SMILES string of the molecule is CC(C)CC(C(=O)c1ccccc1)N1CCCC1.Cl. The second kappa shape index (κ2) is 7.66. The fraction of sp³-hybridized carbons (Fsp3) is 0.562. The molecule has 1 aromatic carbocycles. The Hall–Kier alpha value is -0.860. The number of rotatable bonds is 5. The Bertz CT molecular complexity index is 385. The summed E-state index contributed by atoms with van der Waals surface area (Å²) >= 11 is 0. The molecule has 19 heavy (non-hydrogen) atoms. The van der Waals surface area contributed by atoms with Gasteiger partial charge in [-0.05, 0) is 38.3 Å². The summed E-state index contributed by atoms with van der Waals surface area (Å²) in [4.78, 5) is 15.0. The lowest BCUT2D eigenvalue weighted by Gasteiger charge is -2.27. The summed E-state index contributed by atoms with van der Waals surface area (Å²) in [6, 6.07) is 9.81. The molecule has 0 amide bonds. The van der Waals surface area contributed by atoms with Crippen LogP contribution in [0.1, 0.15) is 43.5 Å². The molecular weight excluding hydrogens is 258 g/mol. The molecule has 1 aromatic rings. The van der Waals surface area contributed by atoms with Crippen LogP contribution in [0.3, 0.4) is 0 Å². The van der Waals surface area contributed by atoms with E-state index < -0.39 is 0 Å². The van der Waals surface area contributed by atoms with Crippen molar-refractivity contribution in [1.29, 1.82) is 0 Å². The van der Waals surface area contributed by atoms with E-state index in [9.17, 15) is 4.79 Å². The van der Waals surface area contributed by atoms with E-state index in [4.69, 9.17) is 0 Å². The maximum absolute atomic E-state index is 12.6. The first-order valence-electron chi connectivity index (χ1n) is 7.02. The van der Waals surface area contributed by atoms with Crippen molar-refractivity contribution < 1.29 is 4.79 Å². The van der Waals surface area contributed by atoms with Gasteiger partial charge in [0.15, 0.2) is 5.78 Å². The highest BCUT2D eigenvalue weighted by Gasteiger charge is 2.29. The maximum Gasteiger partial charge on any atom is 0.179 e. The number of hydrogen-bond acceptors (Lipinski definition) is 2. The number of halogens is 1. The number of nitrogens with zero attached hydrogens (tertiary/aromatic N) is 1. The standard InChI is InChI=1S/C16H23NO.ClH/c1-13(2)12-15(17-10-6-7-11-17)16(18)14-8-4-3-5-9-14;/h3-5,8-9,13,15H,6-7,10-12H2,1-2H3;1H. The van der Waals surface area contributed by atoms with E-state index in [-0.39, 0.29) is 18.4 Å². The van der Waals surface area contributed by atoms with E-state index in [1.54, 1.807) is 0 Å². The van der Waals surface area contributed by atoms with Gasteiger partial charge in [0.25, 0.3) is 0 Å². The Morgan fingerprint density at radius 3 is 2.26 bits per heavy atom. The summed E-state index contributed by atoms with van der Waals surface area (Å²) in [5.74, 6) is 0.856. The maximum atomic E-state index is 12.6. The third-order valence-corrected chi connectivity index (χ3v) is 3.64. The molecule has 1 unspecified atom stereocenters. The number of hydrogen-bond donors (Lipinski definition) is 0. The monoisotopic (exact) mass is 281 g/mol. The van der Waals surface area contributed by atoms with Crippen molar-refractivity contribution in [2.75, 3.05) is 13.1 Å². The Morgan fingerprint density at radius 2 is 1.74 bits per heavy atom. The average Bonchev–Trinajstić information content (AvgIpc) is 2.89. The minimum absolute atomic E-state index is 0. The summed E-state index contributed by atoms with van der Waals surface area (Å²) in [5, 5.41) is 0. The molecule has 2 rings (SSSR count). The van der Waals surface area contributed by atoms with Gasteiger partial charge in [-0.1, -0.05) is 44.2 Å². The highest BCUT2D eigenvalue weighted by molar-refractivity contribution is 6.00. The summed E-state index contributed by atoms with van der Waals surface area (Å²) in [5.41, 5.74) is 0.857. The third kappa shape index (κ3) is 4.32. The van der Waals surface area contributed by atoms with E-state index in [1.165, 1.54) is 12.8 Å². The van der Waals surface area contributed by atoms with Crippen molar-refractivity contribution in [2.24, 2.45) is 5.92 Å². The van der Waals surface area contributed by atoms with Crippen LogP contribution in [0.5, 0.6) is 0 Å². The molecule has 1 fully saturated rings. The van der Waals surface area contributed by atoms with Crippen LogP contribution in [0.15, 0.2) is 30.3 Å². The van der Waals surface area contributed by atoms with Crippen molar-refractivity contribution in [3.05, 3.63) is 35.9 Å². The van der Waals surface area contributed by atoms with Gasteiger partial charge in [-0.2, -0.15) is 0 Å². The largest absolute Gasteiger partial charge is 0.293 e. The molecule has 1 heterocycles. The van der Waals surface area contributed by atoms with Gasteiger partial charge in [0.2, 0.25) is 0 Å². The Balaban J connectivity index is 0.00000180. The summed E-state index contributed by atoms with van der Waals surface area (Å²) in [6.45, 7) is 6.55. The van der Waals surface area contributed by atoms with E-state index in [2.05, 4.69) is 18.7 Å². The molecule has 1 aliphatic rings. The average molecular weight is 282 g/mol. The summed E-state index contributed by atoms with van der Waals surface area (Å²) < 4.78 is 0. The van der Waals surface area contributed by atoms with E-state index in [1.807, 2.05) is 30.3 Å². The molecule has 1 saturated heterocycles. The second-order valence-corrected chi connectivity index (χ2v) is 5.62. The zero-order valence-corrected chi connectivity index (χ0v) is 12.7. The molecule has 106 valence electrons. The van der Waals surface area contributed by atoms with Crippen molar-refractivity contribution >= 4 is 18.2 Å². The number of Topliss-reactive ketones (excluding diaryl/α,β-unsaturated/α-hetero) is 1. The molecule has 0 saturated carbocycles. The quantitative estimate of drug-likeness (QED) is 0.765. The molecular formula is C16H24ClNO. The lowest BCUT2D eigenvalue weighted by Crippen LogP contribution is -2.40. The zero-order chi connectivity index (χ0) is 13.0. The molecule has 0 N–H and O–H groups in total. The highest BCUT2D eigenvalue weighted by atomic mass is 35.5. The lowest BCUT2D eigenvalue weighted by atomic mass is 9.95. The molecule has 0 spiro atoms. The number of benzene rings is 1. The van der Waals surface area contributed by atoms with Gasteiger partial charge < -0.3 is 0 Å². The Morgan fingerprint density at radius 1 is 1.16 bits per heavy atom. The minimum Gasteiger partial charge on any atom is -0.293 e. The molecule has 0 bridgehead atoms. The Labute approximate surface area is 122 Å². The number of carbonyl (C=O) groups is 1. The van der Waals surface area contributed by atoms with E-state index in [0.717, 1.165) is 25.1 Å². The van der Waals surface area contributed by atoms with Gasteiger partial charge in [0, 0.05) is 5.56 Å². The Kier molecular flexibility index (Phi) is 6.53. The third-order valence-electron chi connectivity index (χ3n) is 3.64. The first kappa shape index (κ1) is 16.2. The number of likely N-dealkylation sites (tertiary alicyclic amines) is 1. The molecule has 1 aliphatic heterocycles. The second-order valence-electron chi connectivity index (χ2n) is 5.62. The molecule has 2 nitrogen and oxygen atoms in total. The van der Waals surface area contributed by atoms with Crippen molar-refractivity contribution in [1.82, 2.24) is 4.90 Å². The zero-order valence-electron chi connectivity index (χ0n) is 11.8. The summed E-state index contributed by atoms with van der Waals surface area (Å²) in [6.07, 6.45) is 3.43. The van der Waals surface area contributed by atoms with Gasteiger partial charge in [0.05, 0.1) is 6.04 Å². The molecule has 3 heteroatoms.